The molecular formula is C24H38N2O6. The summed E-state index contributed by atoms with van der Waals surface area (Å²) < 4.78 is 12.0. The van der Waals surface area contributed by atoms with E-state index in [0.29, 0.717) is 32.2 Å². The van der Waals surface area contributed by atoms with Gasteiger partial charge in [-0.25, -0.2) is 0 Å². The number of fused-ring (bicyclic) bond motifs is 1. The normalized spacial score (nSPS) is 33.4. The highest BCUT2D eigenvalue weighted by Gasteiger charge is 2.79. The molecule has 2 bridgehead atoms. The van der Waals surface area contributed by atoms with Gasteiger partial charge in [0, 0.05) is 25.2 Å². The lowest BCUT2D eigenvalue weighted by molar-refractivity contribution is -0.162. The Morgan fingerprint density at radius 3 is 2.56 bits per heavy atom. The van der Waals surface area contributed by atoms with Crippen molar-refractivity contribution in [1.82, 2.24) is 9.80 Å². The lowest BCUT2D eigenvalue weighted by atomic mass is 9.65. The van der Waals surface area contributed by atoms with E-state index in [9.17, 15) is 19.5 Å². The van der Waals surface area contributed by atoms with Gasteiger partial charge in [0.15, 0.2) is 0 Å². The maximum Gasteiger partial charge on any atom is 0.312 e. The SMILES string of the molecule is C=CCN(C(=O)C1N(CCCO)C(=O)[C@@H]2[C@@H](C(=O)OCC)[C@@]3(CC)CCC12O3)C(C)(C)C. The van der Waals surface area contributed by atoms with Gasteiger partial charge in [-0.05, 0) is 53.4 Å². The zero-order valence-corrected chi connectivity index (χ0v) is 20.1. The Morgan fingerprint density at radius 1 is 1.34 bits per heavy atom. The molecular weight excluding hydrogens is 412 g/mol. The van der Waals surface area contributed by atoms with Crippen LogP contribution in [0.4, 0.5) is 0 Å². The molecule has 1 N–H and O–H groups in total. The van der Waals surface area contributed by atoms with Crippen LogP contribution in [0.3, 0.4) is 0 Å². The van der Waals surface area contributed by atoms with Crippen LogP contribution in [0.2, 0.25) is 0 Å². The molecule has 180 valence electrons. The molecule has 3 fully saturated rings. The first-order valence-electron chi connectivity index (χ1n) is 11.7. The molecule has 5 atom stereocenters. The molecule has 8 nitrogen and oxygen atoms in total. The summed E-state index contributed by atoms with van der Waals surface area (Å²) in [6, 6.07) is -0.849. The van der Waals surface area contributed by atoms with Crippen LogP contribution in [0.25, 0.3) is 0 Å². The second kappa shape index (κ2) is 8.78. The molecule has 3 rings (SSSR count). The standard InChI is InChI=1S/C24H38N2O6/c1-7-13-26(22(4,5)6)20(29)18-24-12-11-23(8-2,32-24)17(21(30)31-9-3)16(24)19(28)25(18)14-10-15-27/h7,16-18,27H,1,8-15H2,2-6H3/t16-,17-,18?,23+,24?/m0/s1. The third-order valence-corrected chi connectivity index (χ3v) is 7.40. The Kier molecular flexibility index (Phi) is 6.78. The van der Waals surface area contributed by atoms with E-state index in [0.717, 1.165) is 0 Å². The van der Waals surface area contributed by atoms with E-state index < -0.39 is 40.6 Å². The van der Waals surface area contributed by atoms with Gasteiger partial charge in [0.1, 0.15) is 17.6 Å². The molecule has 0 aliphatic carbocycles. The van der Waals surface area contributed by atoms with Gasteiger partial charge in [0.2, 0.25) is 11.8 Å². The van der Waals surface area contributed by atoms with Crippen molar-refractivity contribution in [1.29, 1.82) is 0 Å². The Bertz CT molecular complexity index is 777. The predicted molar refractivity (Wildman–Crippen MR) is 119 cm³/mol. The van der Waals surface area contributed by atoms with E-state index in [2.05, 4.69) is 6.58 Å². The number of aliphatic hydroxyl groups is 1. The summed E-state index contributed by atoms with van der Waals surface area (Å²) in [4.78, 5) is 44.1. The van der Waals surface area contributed by atoms with Crippen molar-refractivity contribution in [3.8, 4) is 0 Å². The van der Waals surface area contributed by atoms with Gasteiger partial charge in [-0.15, -0.1) is 6.58 Å². The van der Waals surface area contributed by atoms with Crippen molar-refractivity contribution in [3.05, 3.63) is 12.7 Å². The van der Waals surface area contributed by atoms with Gasteiger partial charge in [-0.2, -0.15) is 0 Å². The van der Waals surface area contributed by atoms with E-state index in [4.69, 9.17) is 9.47 Å². The number of ether oxygens (including phenoxy) is 2. The van der Waals surface area contributed by atoms with Crippen LogP contribution in [-0.2, 0) is 23.9 Å². The number of nitrogens with zero attached hydrogens (tertiary/aromatic N) is 2. The smallest absolute Gasteiger partial charge is 0.312 e. The van der Waals surface area contributed by atoms with Crippen LogP contribution < -0.4 is 0 Å². The summed E-state index contributed by atoms with van der Waals surface area (Å²) >= 11 is 0. The van der Waals surface area contributed by atoms with Crippen molar-refractivity contribution in [3.63, 3.8) is 0 Å². The van der Waals surface area contributed by atoms with E-state index in [1.54, 1.807) is 22.8 Å². The van der Waals surface area contributed by atoms with E-state index >= 15 is 0 Å². The van der Waals surface area contributed by atoms with Gasteiger partial charge in [0.05, 0.1) is 18.1 Å². The molecule has 0 aromatic rings. The molecule has 0 aromatic carbocycles. The highest BCUT2D eigenvalue weighted by atomic mass is 16.6. The van der Waals surface area contributed by atoms with Crippen LogP contribution in [-0.4, -0.2) is 81.8 Å². The van der Waals surface area contributed by atoms with Gasteiger partial charge in [-0.3, -0.25) is 14.4 Å². The van der Waals surface area contributed by atoms with Crippen LogP contribution in [0, 0.1) is 11.8 Å². The second-order valence-electron chi connectivity index (χ2n) is 10.1. The fourth-order valence-electron chi connectivity index (χ4n) is 6.04. The minimum absolute atomic E-state index is 0.0982. The van der Waals surface area contributed by atoms with E-state index in [-0.39, 0.29) is 31.6 Å². The van der Waals surface area contributed by atoms with Crippen molar-refractivity contribution in [2.75, 3.05) is 26.3 Å². The summed E-state index contributed by atoms with van der Waals surface area (Å²) in [7, 11) is 0. The molecule has 3 aliphatic rings. The lowest BCUT2D eigenvalue weighted by Gasteiger charge is -2.42. The fourth-order valence-corrected chi connectivity index (χ4v) is 6.04. The lowest BCUT2D eigenvalue weighted by Crippen LogP contribution is -2.60. The molecule has 32 heavy (non-hydrogen) atoms. The van der Waals surface area contributed by atoms with Gasteiger partial charge >= 0.3 is 5.97 Å². The number of hydrogen-bond acceptors (Lipinski definition) is 6. The number of likely N-dealkylation sites (tertiary alicyclic amines) is 1. The van der Waals surface area contributed by atoms with Gasteiger partial charge in [0.25, 0.3) is 0 Å². The Balaban J connectivity index is 2.12. The molecule has 3 heterocycles. The molecule has 0 radical (unpaired) electrons. The molecule has 2 amide bonds. The molecule has 0 saturated carbocycles. The highest BCUT2D eigenvalue weighted by Crippen LogP contribution is 2.64. The number of hydrogen-bond donors (Lipinski definition) is 1. The predicted octanol–water partition coefficient (Wildman–Crippen LogP) is 1.90. The summed E-state index contributed by atoms with van der Waals surface area (Å²) in [5, 5.41) is 9.43. The summed E-state index contributed by atoms with van der Waals surface area (Å²) in [5.41, 5.74) is -2.35. The maximum absolute atomic E-state index is 14.0. The van der Waals surface area contributed by atoms with Gasteiger partial charge in [-0.1, -0.05) is 13.0 Å². The molecule has 1 spiro atoms. The number of rotatable bonds is 9. The van der Waals surface area contributed by atoms with Crippen molar-refractivity contribution >= 4 is 17.8 Å². The largest absolute Gasteiger partial charge is 0.466 e. The second-order valence-corrected chi connectivity index (χ2v) is 10.1. The quantitative estimate of drug-likeness (QED) is 0.426. The minimum atomic E-state index is -1.07. The topological polar surface area (TPSA) is 96.4 Å². The van der Waals surface area contributed by atoms with Crippen LogP contribution in [0.5, 0.6) is 0 Å². The monoisotopic (exact) mass is 450 g/mol. The van der Waals surface area contributed by atoms with E-state index in [1.807, 2.05) is 27.7 Å². The average molecular weight is 451 g/mol. The molecule has 3 aliphatic heterocycles. The van der Waals surface area contributed by atoms with Crippen LogP contribution >= 0.6 is 0 Å². The average Bonchev–Trinajstić information content (AvgIpc) is 3.33. The molecule has 3 saturated heterocycles. The first-order chi connectivity index (χ1) is 15.0. The number of carbonyl (C=O) groups excluding carboxylic acids is 3. The van der Waals surface area contributed by atoms with Crippen molar-refractivity contribution in [2.24, 2.45) is 11.8 Å². The number of amides is 2. The van der Waals surface area contributed by atoms with Crippen LogP contribution in [0.1, 0.15) is 60.3 Å². The van der Waals surface area contributed by atoms with Crippen molar-refractivity contribution in [2.45, 2.75) is 83.1 Å². The van der Waals surface area contributed by atoms with Crippen LogP contribution in [0.15, 0.2) is 12.7 Å². The minimum Gasteiger partial charge on any atom is -0.466 e. The van der Waals surface area contributed by atoms with Crippen molar-refractivity contribution < 1.29 is 29.0 Å². The Hall–Kier alpha value is -1.93. The summed E-state index contributed by atoms with van der Waals surface area (Å²) in [6.45, 7) is 14.0. The summed E-state index contributed by atoms with van der Waals surface area (Å²) in [6.07, 6.45) is 3.72. The molecule has 0 aromatic heterocycles. The third kappa shape index (κ3) is 3.55. The Labute approximate surface area is 190 Å². The maximum atomic E-state index is 14.0. The fraction of sp³-hybridized carbons (Fsp3) is 0.792. The zero-order chi connectivity index (χ0) is 23.9. The zero-order valence-electron chi connectivity index (χ0n) is 20.1. The van der Waals surface area contributed by atoms with Gasteiger partial charge < -0.3 is 24.4 Å². The summed E-state index contributed by atoms with van der Waals surface area (Å²) in [5.74, 6) is -2.37. The first-order valence-corrected chi connectivity index (χ1v) is 11.7. The Morgan fingerprint density at radius 2 is 2.03 bits per heavy atom. The highest BCUT2D eigenvalue weighted by molar-refractivity contribution is 5.98. The third-order valence-electron chi connectivity index (χ3n) is 7.40. The number of esters is 1. The number of aliphatic hydroxyl groups excluding tert-OH is 1. The first kappa shape index (κ1) is 24.7. The van der Waals surface area contributed by atoms with E-state index in [1.165, 1.54) is 0 Å². The molecule has 8 heteroatoms. The number of carbonyl (C=O) groups is 3. The molecule has 2 unspecified atom stereocenters.